The summed E-state index contributed by atoms with van der Waals surface area (Å²) in [5.41, 5.74) is 1.86. The molecule has 1 aromatic carbocycles. The van der Waals surface area contributed by atoms with E-state index in [1.807, 2.05) is 6.92 Å². The number of nitro groups is 1. The van der Waals surface area contributed by atoms with Crippen LogP contribution in [-0.2, 0) is 20.9 Å². The Balaban J connectivity index is 1.90. The van der Waals surface area contributed by atoms with Crippen LogP contribution >= 0.6 is 15.9 Å². The zero-order valence-electron chi connectivity index (χ0n) is 14.4. The molecule has 1 amide bonds. The molecule has 0 fully saturated rings. The van der Waals surface area contributed by atoms with Crippen molar-refractivity contribution in [3.05, 3.63) is 49.7 Å². The largest absolute Gasteiger partial charge is 0.454 e. The van der Waals surface area contributed by atoms with Gasteiger partial charge in [-0.15, -0.1) is 0 Å². The van der Waals surface area contributed by atoms with Crippen LogP contribution in [0.3, 0.4) is 0 Å². The summed E-state index contributed by atoms with van der Waals surface area (Å²) in [5, 5.41) is 17.5. The van der Waals surface area contributed by atoms with E-state index in [1.165, 1.54) is 18.5 Å². The van der Waals surface area contributed by atoms with Gasteiger partial charge in [0.25, 0.3) is 5.91 Å². The second-order valence-corrected chi connectivity index (χ2v) is 6.46. The number of halogens is 1. The molecule has 0 aliphatic heterocycles. The number of benzene rings is 1. The van der Waals surface area contributed by atoms with Gasteiger partial charge in [0, 0.05) is 10.2 Å². The van der Waals surface area contributed by atoms with Crippen LogP contribution < -0.4 is 5.32 Å². The summed E-state index contributed by atoms with van der Waals surface area (Å²) in [5.74, 6) is -1.20. The molecule has 2 aromatic rings. The lowest BCUT2D eigenvalue weighted by atomic mass is 10.2. The average molecular weight is 425 g/mol. The second-order valence-electron chi connectivity index (χ2n) is 5.61. The van der Waals surface area contributed by atoms with Crippen molar-refractivity contribution in [2.45, 2.75) is 27.3 Å². The first-order valence-electron chi connectivity index (χ1n) is 7.59. The van der Waals surface area contributed by atoms with E-state index in [-0.39, 0.29) is 23.6 Å². The molecule has 0 radical (unpaired) electrons. The maximum Gasteiger partial charge on any atom is 0.328 e. The molecule has 0 aliphatic rings. The van der Waals surface area contributed by atoms with Crippen molar-refractivity contribution in [2.75, 3.05) is 11.9 Å². The highest BCUT2D eigenvalue weighted by molar-refractivity contribution is 9.10. The van der Waals surface area contributed by atoms with E-state index in [4.69, 9.17) is 4.74 Å². The Labute approximate surface area is 157 Å². The third-order valence-electron chi connectivity index (χ3n) is 3.61. The smallest absolute Gasteiger partial charge is 0.328 e. The molecule has 9 nitrogen and oxygen atoms in total. The Hall–Kier alpha value is -2.75. The molecule has 10 heteroatoms. The summed E-state index contributed by atoms with van der Waals surface area (Å²) >= 11 is 3.37. The van der Waals surface area contributed by atoms with Crippen LogP contribution in [-0.4, -0.2) is 33.2 Å². The molecule has 1 aromatic heterocycles. The van der Waals surface area contributed by atoms with Gasteiger partial charge in [-0.05, 0) is 44.5 Å². The van der Waals surface area contributed by atoms with Gasteiger partial charge in [-0.25, -0.2) is 0 Å². The SMILES string of the molecule is Cc1cc(NC(=O)COC(=O)Cn2nc(C)c([N+](=O)[O-])c2C)ccc1Br. The quantitative estimate of drug-likeness (QED) is 0.432. The third-order valence-corrected chi connectivity index (χ3v) is 4.50. The number of rotatable bonds is 6. The van der Waals surface area contributed by atoms with Gasteiger partial charge in [-0.2, -0.15) is 5.10 Å². The number of hydrogen-bond donors (Lipinski definition) is 1. The standard InChI is InChI=1S/C16H17BrN4O5/c1-9-6-12(4-5-13(9)17)18-14(22)8-26-15(23)7-20-11(3)16(21(24)25)10(2)19-20/h4-6H,7-8H2,1-3H3,(H,18,22). The van der Waals surface area contributed by atoms with E-state index in [9.17, 15) is 19.7 Å². The maximum atomic E-state index is 11.9. The Bertz CT molecular complexity index is 878. The number of nitrogens with one attached hydrogen (secondary N) is 1. The van der Waals surface area contributed by atoms with Crippen molar-refractivity contribution in [1.82, 2.24) is 9.78 Å². The van der Waals surface area contributed by atoms with E-state index in [2.05, 4.69) is 26.3 Å². The number of amides is 1. The lowest BCUT2D eigenvalue weighted by molar-refractivity contribution is -0.386. The Kier molecular flexibility index (Phi) is 6.09. The van der Waals surface area contributed by atoms with Crippen molar-refractivity contribution in [2.24, 2.45) is 0 Å². The summed E-state index contributed by atoms with van der Waals surface area (Å²) in [7, 11) is 0. The van der Waals surface area contributed by atoms with Crippen LogP contribution in [0.5, 0.6) is 0 Å². The summed E-state index contributed by atoms with van der Waals surface area (Å²) < 4.78 is 7.01. The van der Waals surface area contributed by atoms with E-state index in [1.54, 1.807) is 18.2 Å². The third kappa shape index (κ3) is 4.66. The average Bonchev–Trinajstić information content (AvgIpc) is 2.83. The minimum absolute atomic E-state index is 0.138. The van der Waals surface area contributed by atoms with Crippen LogP contribution in [0, 0.1) is 30.9 Å². The van der Waals surface area contributed by atoms with E-state index >= 15 is 0 Å². The van der Waals surface area contributed by atoms with Crippen LogP contribution in [0.2, 0.25) is 0 Å². The number of aryl methyl sites for hydroxylation is 2. The molecule has 2 rings (SSSR count). The van der Waals surface area contributed by atoms with Gasteiger partial charge in [0.15, 0.2) is 6.61 Å². The van der Waals surface area contributed by atoms with Crippen molar-refractivity contribution in [3.8, 4) is 0 Å². The van der Waals surface area contributed by atoms with Crippen molar-refractivity contribution < 1.29 is 19.2 Å². The van der Waals surface area contributed by atoms with Crippen molar-refractivity contribution >= 4 is 39.2 Å². The number of carbonyl (C=O) groups excluding carboxylic acids is 2. The molecule has 1 heterocycles. The van der Waals surface area contributed by atoms with Crippen LogP contribution in [0.25, 0.3) is 0 Å². The van der Waals surface area contributed by atoms with Gasteiger partial charge in [-0.3, -0.25) is 24.4 Å². The van der Waals surface area contributed by atoms with Gasteiger partial charge < -0.3 is 10.1 Å². The number of carbonyl (C=O) groups is 2. The molecule has 0 atom stereocenters. The predicted octanol–water partition coefficient (Wildman–Crippen LogP) is 2.66. The lowest BCUT2D eigenvalue weighted by Crippen LogP contribution is -2.23. The molecule has 0 bridgehead atoms. The van der Waals surface area contributed by atoms with Crippen molar-refractivity contribution in [3.63, 3.8) is 0 Å². The normalized spacial score (nSPS) is 10.5. The van der Waals surface area contributed by atoms with Crippen LogP contribution in [0.1, 0.15) is 17.0 Å². The second kappa shape index (κ2) is 8.09. The van der Waals surface area contributed by atoms with Crippen LogP contribution in [0.15, 0.2) is 22.7 Å². The molecular weight excluding hydrogens is 408 g/mol. The number of nitrogens with zero attached hydrogens (tertiary/aromatic N) is 3. The molecule has 0 aliphatic carbocycles. The minimum Gasteiger partial charge on any atom is -0.454 e. The molecule has 138 valence electrons. The highest BCUT2D eigenvalue weighted by atomic mass is 79.9. The van der Waals surface area contributed by atoms with Gasteiger partial charge in [0.2, 0.25) is 0 Å². The summed E-state index contributed by atoms with van der Waals surface area (Å²) in [4.78, 5) is 34.1. The summed E-state index contributed by atoms with van der Waals surface area (Å²) in [6.07, 6.45) is 0. The zero-order valence-corrected chi connectivity index (χ0v) is 16.0. The molecule has 0 saturated heterocycles. The van der Waals surface area contributed by atoms with Crippen LogP contribution in [0.4, 0.5) is 11.4 Å². The number of aromatic nitrogens is 2. The highest BCUT2D eigenvalue weighted by Crippen LogP contribution is 2.22. The molecule has 0 unspecified atom stereocenters. The first-order chi connectivity index (χ1) is 12.2. The number of anilines is 1. The summed E-state index contributed by atoms with van der Waals surface area (Å²) in [6.45, 7) is 4.09. The Morgan fingerprint density at radius 3 is 2.62 bits per heavy atom. The first-order valence-corrected chi connectivity index (χ1v) is 8.38. The minimum atomic E-state index is -0.715. The molecule has 0 saturated carbocycles. The molecule has 1 N–H and O–H groups in total. The number of hydrogen-bond acceptors (Lipinski definition) is 6. The van der Waals surface area contributed by atoms with Gasteiger partial charge >= 0.3 is 11.7 Å². The van der Waals surface area contributed by atoms with Gasteiger partial charge in [0.05, 0.1) is 4.92 Å². The molecule has 26 heavy (non-hydrogen) atoms. The van der Waals surface area contributed by atoms with E-state index < -0.39 is 23.4 Å². The molecule has 0 spiro atoms. The van der Waals surface area contributed by atoms with Crippen molar-refractivity contribution in [1.29, 1.82) is 0 Å². The summed E-state index contributed by atoms with van der Waals surface area (Å²) in [6, 6.07) is 5.29. The zero-order chi connectivity index (χ0) is 19.4. The van der Waals surface area contributed by atoms with E-state index in [0.29, 0.717) is 5.69 Å². The maximum absolute atomic E-state index is 11.9. The fourth-order valence-corrected chi connectivity index (χ4v) is 2.59. The highest BCUT2D eigenvalue weighted by Gasteiger charge is 2.23. The monoisotopic (exact) mass is 424 g/mol. The molecular formula is C16H17BrN4O5. The number of ether oxygens (including phenoxy) is 1. The van der Waals surface area contributed by atoms with Gasteiger partial charge in [0.1, 0.15) is 17.9 Å². The topological polar surface area (TPSA) is 116 Å². The number of esters is 1. The fourth-order valence-electron chi connectivity index (χ4n) is 2.34. The fraction of sp³-hybridized carbons (Fsp3) is 0.312. The van der Waals surface area contributed by atoms with Gasteiger partial charge in [-0.1, -0.05) is 15.9 Å². The Morgan fingerprint density at radius 1 is 1.35 bits per heavy atom. The lowest BCUT2D eigenvalue weighted by Gasteiger charge is -2.08. The van der Waals surface area contributed by atoms with E-state index in [0.717, 1.165) is 10.0 Å². The predicted molar refractivity (Wildman–Crippen MR) is 96.8 cm³/mol. The first kappa shape index (κ1) is 19.6. The Morgan fingerprint density at radius 2 is 2.04 bits per heavy atom.